The molecule has 2 aromatic rings. The smallest absolute Gasteiger partial charge is 0.0847 e. The first-order chi connectivity index (χ1) is 10.1. The predicted octanol–water partition coefficient (Wildman–Crippen LogP) is 4.22. The number of aryl methyl sites for hydroxylation is 2. The summed E-state index contributed by atoms with van der Waals surface area (Å²) in [4.78, 5) is 1.28. The molecule has 0 saturated heterocycles. The highest BCUT2D eigenvalue weighted by molar-refractivity contribution is 7.99. The van der Waals surface area contributed by atoms with Crippen LogP contribution < -0.4 is 5.73 Å². The number of benzene rings is 1. The molecule has 2 rings (SSSR count). The van der Waals surface area contributed by atoms with Gasteiger partial charge in [0, 0.05) is 23.9 Å². The van der Waals surface area contributed by atoms with E-state index in [1.165, 1.54) is 4.90 Å². The summed E-state index contributed by atoms with van der Waals surface area (Å²) in [7, 11) is 0. The van der Waals surface area contributed by atoms with E-state index >= 15 is 0 Å². The van der Waals surface area contributed by atoms with Crippen molar-refractivity contribution in [2.45, 2.75) is 44.7 Å². The van der Waals surface area contributed by atoms with E-state index in [9.17, 15) is 0 Å². The topological polar surface area (TPSA) is 43.8 Å². The fourth-order valence-electron chi connectivity index (χ4n) is 2.37. The zero-order valence-corrected chi connectivity index (χ0v) is 14.3. The van der Waals surface area contributed by atoms with E-state index in [2.05, 4.69) is 43.2 Å². The first-order valence-corrected chi connectivity index (χ1v) is 8.63. The number of halogens is 1. The molecule has 5 heteroatoms. The molecule has 1 aromatic heterocycles. The number of hydrogen-bond acceptors (Lipinski definition) is 3. The molecule has 0 spiro atoms. The molecule has 3 nitrogen and oxygen atoms in total. The van der Waals surface area contributed by atoms with Crippen molar-refractivity contribution in [3.8, 4) is 0 Å². The Morgan fingerprint density at radius 1 is 1.29 bits per heavy atom. The Morgan fingerprint density at radius 3 is 2.52 bits per heavy atom. The Labute approximate surface area is 135 Å². The third-order valence-corrected chi connectivity index (χ3v) is 4.87. The van der Waals surface area contributed by atoms with Crippen molar-refractivity contribution < 1.29 is 0 Å². The van der Waals surface area contributed by atoms with Gasteiger partial charge in [-0.15, -0.1) is 11.8 Å². The van der Waals surface area contributed by atoms with Gasteiger partial charge >= 0.3 is 0 Å². The number of nitrogens with two attached hydrogens (primary N) is 1. The third-order valence-electron chi connectivity index (χ3n) is 3.49. The minimum atomic E-state index is -0.0652. The maximum absolute atomic E-state index is 6.35. The summed E-state index contributed by atoms with van der Waals surface area (Å²) < 4.78 is 1.94. The van der Waals surface area contributed by atoms with E-state index in [-0.39, 0.29) is 6.04 Å². The van der Waals surface area contributed by atoms with Crippen LogP contribution in [0.4, 0.5) is 0 Å². The normalized spacial score (nSPS) is 12.6. The highest BCUT2D eigenvalue weighted by Crippen LogP contribution is 2.26. The largest absolute Gasteiger partial charge is 0.324 e. The lowest BCUT2D eigenvalue weighted by Crippen LogP contribution is -2.16. The van der Waals surface area contributed by atoms with Crippen LogP contribution >= 0.6 is 23.4 Å². The van der Waals surface area contributed by atoms with E-state index < -0.39 is 0 Å². The molecule has 0 aliphatic rings. The summed E-state index contributed by atoms with van der Waals surface area (Å²) in [6.07, 6.45) is 0.702. The zero-order valence-electron chi connectivity index (χ0n) is 12.8. The van der Waals surface area contributed by atoms with Gasteiger partial charge in [-0.25, -0.2) is 0 Å². The summed E-state index contributed by atoms with van der Waals surface area (Å²) in [5, 5.41) is 5.18. The van der Waals surface area contributed by atoms with Gasteiger partial charge in [-0.3, -0.25) is 4.68 Å². The molecule has 21 heavy (non-hydrogen) atoms. The van der Waals surface area contributed by atoms with Crippen molar-refractivity contribution in [3.05, 3.63) is 46.2 Å². The van der Waals surface area contributed by atoms with Gasteiger partial charge in [-0.2, -0.15) is 5.10 Å². The molecular formula is C16H22ClN3S. The second-order valence-corrected chi connectivity index (χ2v) is 6.69. The standard InChI is InChI=1S/C16H22ClN3S/c1-4-20-15(16(17)11(3)19-20)10-14(18)12-6-8-13(9-7-12)21-5-2/h6-9,14H,4-5,10,18H2,1-3H3. The number of rotatable bonds is 6. The van der Waals surface area contributed by atoms with Gasteiger partial charge in [0.1, 0.15) is 0 Å². The van der Waals surface area contributed by atoms with Crippen LogP contribution in [0.3, 0.4) is 0 Å². The van der Waals surface area contributed by atoms with Crippen molar-refractivity contribution in [1.82, 2.24) is 9.78 Å². The second kappa shape index (κ2) is 7.34. The van der Waals surface area contributed by atoms with E-state index in [1.807, 2.05) is 23.4 Å². The van der Waals surface area contributed by atoms with Crippen LogP contribution in [-0.2, 0) is 13.0 Å². The Balaban J connectivity index is 2.15. The van der Waals surface area contributed by atoms with Gasteiger partial charge in [0.05, 0.1) is 16.4 Å². The molecule has 1 atom stereocenters. The molecule has 0 fully saturated rings. The van der Waals surface area contributed by atoms with Gasteiger partial charge in [0.25, 0.3) is 0 Å². The van der Waals surface area contributed by atoms with Crippen molar-refractivity contribution in [2.75, 3.05) is 5.75 Å². The van der Waals surface area contributed by atoms with Crippen LogP contribution in [0, 0.1) is 6.92 Å². The van der Waals surface area contributed by atoms with Gasteiger partial charge in [-0.05, 0) is 37.3 Å². The van der Waals surface area contributed by atoms with Crippen LogP contribution in [0.1, 0.15) is 36.8 Å². The van der Waals surface area contributed by atoms with Crippen LogP contribution in [0.5, 0.6) is 0 Å². The molecule has 0 bridgehead atoms. The third kappa shape index (κ3) is 3.82. The first-order valence-electron chi connectivity index (χ1n) is 7.26. The number of hydrogen-bond donors (Lipinski definition) is 1. The van der Waals surface area contributed by atoms with Crippen molar-refractivity contribution in [2.24, 2.45) is 5.73 Å². The maximum Gasteiger partial charge on any atom is 0.0847 e. The molecule has 0 radical (unpaired) electrons. The van der Waals surface area contributed by atoms with E-state index in [0.29, 0.717) is 6.42 Å². The highest BCUT2D eigenvalue weighted by atomic mass is 35.5. The highest BCUT2D eigenvalue weighted by Gasteiger charge is 2.16. The summed E-state index contributed by atoms with van der Waals surface area (Å²) in [5.74, 6) is 1.08. The van der Waals surface area contributed by atoms with Crippen molar-refractivity contribution >= 4 is 23.4 Å². The molecular weight excluding hydrogens is 302 g/mol. The average Bonchev–Trinajstić information content (AvgIpc) is 2.76. The molecule has 2 N–H and O–H groups in total. The Hall–Kier alpha value is -0.970. The fourth-order valence-corrected chi connectivity index (χ4v) is 3.24. The number of aromatic nitrogens is 2. The summed E-state index contributed by atoms with van der Waals surface area (Å²) in [6.45, 7) is 6.96. The number of nitrogens with zero attached hydrogens (tertiary/aromatic N) is 2. The van der Waals surface area contributed by atoms with E-state index in [0.717, 1.165) is 34.3 Å². The molecule has 114 valence electrons. The minimum absolute atomic E-state index is 0.0652. The summed E-state index contributed by atoms with van der Waals surface area (Å²) in [6, 6.07) is 8.41. The Bertz CT molecular complexity index is 592. The summed E-state index contributed by atoms with van der Waals surface area (Å²) in [5.41, 5.74) is 9.37. The van der Waals surface area contributed by atoms with Gasteiger partial charge in [-0.1, -0.05) is 30.7 Å². The van der Waals surface area contributed by atoms with Crippen molar-refractivity contribution in [3.63, 3.8) is 0 Å². The molecule has 0 aliphatic heterocycles. The van der Waals surface area contributed by atoms with Gasteiger partial charge in [0.15, 0.2) is 0 Å². The van der Waals surface area contributed by atoms with Crippen LogP contribution in [0.15, 0.2) is 29.2 Å². The molecule has 0 saturated carbocycles. The van der Waals surface area contributed by atoms with Gasteiger partial charge in [0.2, 0.25) is 0 Å². The van der Waals surface area contributed by atoms with Crippen LogP contribution in [-0.4, -0.2) is 15.5 Å². The molecule has 1 unspecified atom stereocenters. The maximum atomic E-state index is 6.35. The lowest BCUT2D eigenvalue weighted by atomic mass is 10.0. The Morgan fingerprint density at radius 2 is 1.95 bits per heavy atom. The average molecular weight is 324 g/mol. The summed E-state index contributed by atoms with van der Waals surface area (Å²) >= 11 is 8.18. The monoisotopic (exact) mass is 323 g/mol. The first kappa shape index (κ1) is 16.4. The minimum Gasteiger partial charge on any atom is -0.324 e. The molecule has 1 aromatic carbocycles. The predicted molar refractivity (Wildman–Crippen MR) is 91.1 cm³/mol. The Kier molecular flexibility index (Phi) is 5.73. The van der Waals surface area contributed by atoms with Crippen LogP contribution in [0.25, 0.3) is 0 Å². The quantitative estimate of drug-likeness (QED) is 0.809. The second-order valence-electron chi connectivity index (χ2n) is 4.97. The van der Waals surface area contributed by atoms with Crippen LogP contribution in [0.2, 0.25) is 5.02 Å². The van der Waals surface area contributed by atoms with Crippen molar-refractivity contribution in [1.29, 1.82) is 0 Å². The zero-order chi connectivity index (χ0) is 15.4. The van der Waals surface area contributed by atoms with E-state index in [1.54, 1.807) is 0 Å². The molecule has 0 amide bonds. The SMILES string of the molecule is CCSc1ccc(C(N)Cc2c(Cl)c(C)nn2CC)cc1. The van der Waals surface area contributed by atoms with E-state index in [4.69, 9.17) is 17.3 Å². The van der Waals surface area contributed by atoms with Gasteiger partial charge < -0.3 is 5.73 Å². The molecule has 1 heterocycles. The molecule has 0 aliphatic carbocycles. The fraction of sp³-hybridized carbons (Fsp3) is 0.438. The lowest BCUT2D eigenvalue weighted by molar-refractivity contribution is 0.587. The lowest BCUT2D eigenvalue weighted by Gasteiger charge is -2.14. The number of thioether (sulfide) groups is 1.